The van der Waals surface area contributed by atoms with Crippen LogP contribution in [0.25, 0.3) is 0 Å². The molecule has 0 radical (unpaired) electrons. The summed E-state index contributed by atoms with van der Waals surface area (Å²) in [5, 5.41) is 11.7. The molecule has 1 N–H and O–H groups in total. The van der Waals surface area contributed by atoms with Crippen LogP contribution in [0.3, 0.4) is 0 Å². The van der Waals surface area contributed by atoms with E-state index < -0.39 is 5.60 Å². The monoisotopic (exact) mass is 452 g/mol. The molecule has 1 saturated heterocycles. The van der Waals surface area contributed by atoms with Crippen LogP contribution in [0.2, 0.25) is 0 Å². The Kier molecular flexibility index (Phi) is 7.82. The molecule has 1 aliphatic heterocycles. The molecule has 33 heavy (non-hydrogen) atoms. The van der Waals surface area contributed by atoms with Gasteiger partial charge in [0.15, 0.2) is 0 Å². The quantitative estimate of drug-likeness (QED) is 0.605. The fraction of sp³-hybridized carbons (Fsp3) is 0.571. The second-order valence-corrected chi connectivity index (χ2v) is 9.78. The number of ether oxygens (including phenoxy) is 2. The van der Waals surface area contributed by atoms with Crippen LogP contribution < -0.4 is 14.4 Å². The molecule has 2 aromatic rings. The number of methoxy groups -OCH3 is 2. The second-order valence-electron chi connectivity index (χ2n) is 9.78. The van der Waals surface area contributed by atoms with E-state index in [4.69, 9.17) is 9.47 Å². The van der Waals surface area contributed by atoms with Gasteiger partial charge in [0, 0.05) is 31.6 Å². The van der Waals surface area contributed by atoms with Crippen LogP contribution in [0.4, 0.5) is 5.69 Å². The average Bonchev–Trinajstić information content (AvgIpc) is 2.85. The molecule has 1 aliphatic carbocycles. The highest BCUT2D eigenvalue weighted by atomic mass is 16.5. The smallest absolute Gasteiger partial charge is 0.142 e. The van der Waals surface area contributed by atoms with Crippen molar-refractivity contribution in [1.82, 2.24) is 4.90 Å². The first-order chi connectivity index (χ1) is 16.0. The van der Waals surface area contributed by atoms with E-state index in [1.165, 1.54) is 17.7 Å². The fourth-order valence-electron chi connectivity index (χ4n) is 5.83. The Morgan fingerprint density at radius 2 is 1.70 bits per heavy atom. The van der Waals surface area contributed by atoms with Gasteiger partial charge in [-0.2, -0.15) is 0 Å². The highest BCUT2D eigenvalue weighted by molar-refractivity contribution is 5.58. The molecule has 0 spiro atoms. The minimum Gasteiger partial charge on any atom is -0.497 e. The van der Waals surface area contributed by atoms with Crippen molar-refractivity contribution in [1.29, 1.82) is 0 Å². The Bertz CT molecular complexity index is 879. The lowest BCUT2D eigenvalue weighted by Crippen LogP contribution is -2.52. The van der Waals surface area contributed by atoms with Gasteiger partial charge in [-0.15, -0.1) is 0 Å². The molecule has 180 valence electrons. The minimum atomic E-state index is -0.602. The van der Waals surface area contributed by atoms with Crippen molar-refractivity contribution < 1.29 is 14.6 Å². The number of nitrogens with zero attached hydrogens (tertiary/aromatic N) is 2. The van der Waals surface area contributed by atoms with Gasteiger partial charge in [0.05, 0.1) is 25.5 Å². The first-order valence-electron chi connectivity index (χ1n) is 12.5. The van der Waals surface area contributed by atoms with Gasteiger partial charge in [0.25, 0.3) is 0 Å². The molecule has 5 heteroatoms. The van der Waals surface area contributed by atoms with Crippen LogP contribution in [0.1, 0.15) is 56.9 Å². The maximum atomic E-state index is 11.7. The fourth-order valence-corrected chi connectivity index (χ4v) is 5.83. The van der Waals surface area contributed by atoms with Gasteiger partial charge in [-0.25, -0.2) is 0 Å². The minimum absolute atomic E-state index is 0.156. The zero-order chi connectivity index (χ0) is 23.3. The highest BCUT2D eigenvalue weighted by Crippen LogP contribution is 2.42. The van der Waals surface area contributed by atoms with E-state index in [9.17, 15) is 5.11 Å². The molecular formula is C28H40N2O3. The highest BCUT2D eigenvalue weighted by Gasteiger charge is 2.39. The first kappa shape index (κ1) is 23.9. The molecule has 5 nitrogen and oxygen atoms in total. The van der Waals surface area contributed by atoms with Crippen LogP contribution in [-0.4, -0.2) is 62.0 Å². The standard InChI is InChI=1S/C28H40N2O3/c1-22-21-30(26-9-5-6-10-27(26)33-3)20-19-29(22)18-15-25(28(31)16-7-4-8-17-28)23-11-13-24(32-2)14-12-23/h5-6,9-14,22,25,31H,4,7-8,15-21H2,1-3H3. The predicted molar refractivity (Wildman–Crippen MR) is 135 cm³/mol. The van der Waals surface area contributed by atoms with Crippen molar-refractivity contribution in [2.45, 2.75) is 63.0 Å². The van der Waals surface area contributed by atoms with Gasteiger partial charge in [0.2, 0.25) is 0 Å². The Labute approximate surface area is 199 Å². The SMILES string of the molecule is COc1ccc(C(CCN2CCN(c3ccccc3OC)CC2C)C2(O)CCCCC2)cc1. The van der Waals surface area contributed by atoms with Crippen molar-refractivity contribution in [2.75, 3.05) is 45.3 Å². The Morgan fingerprint density at radius 3 is 2.36 bits per heavy atom. The van der Waals surface area contributed by atoms with Gasteiger partial charge in [0.1, 0.15) is 11.5 Å². The Balaban J connectivity index is 1.44. The molecule has 4 rings (SSSR count). The number of anilines is 1. The summed E-state index contributed by atoms with van der Waals surface area (Å²) < 4.78 is 11.0. The number of benzene rings is 2. The molecule has 2 aliphatic rings. The average molecular weight is 453 g/mol. The molecule has 0 bridgehead atoms. The summed E-state index contributed by atoms with van der Waals surface area (Å²) in [5.74, 6) is 1.97. The lowest BCUT2D eigenvalue weighted by molar-refractivity contribution is -0.0273. The maximum Gasteiger partial charge on any atom is 0.142 e. The van der Waals surface area contributed by atoms with E-state index in [-0.39, 0.29) is 5.92 Å². The van der Waals surface area contributed by atoms with E-state index in [0.29, 0.717) is 6.04 Å². The summed E-state index contributed by atoms with van der Waals surface area (Å²) in [5.41, 5.74) is 1.81. The summed E-state index contributed by atoms with van der Waals surface area (Å²) in [6.07, 6.45) is 6.26. The third kappa shape index (κ3) is 5.47. The number of piperazine rings is 1. The van der Waals surface area contributed by atoms with Gasteiger partial charge in [-0.3, -0.25) is 4.90 Å². The van der Waals surface area contributed by atoms with Crippen molar-refractivity contribution in [3.63, 3.8) is 0 Å². The largest absolute Gasteiger partial charge is 0.497 e. The van der Waals surface area contributed by atoms with Gasteiger partial charge in [-0.05, 0) is 62.6 Å². The predicted octanol–water partition coefficient (Wildman–Crippen LogP) is 5.08. The van der Waals surface area contributed by atoms with Crippen molar-refractivity contribution in [3.05, 3.63) is 54.1 Å². The Morgan fingerprint density at radius 1 is 0.970 bits per heavy atom. The van der Waals surface area contributed by atoms with Crippen LogP contribution in [0, 0.1) is 0 Å². The number of hydrogen-bond acceptors (Lipinski definition) is 5. The molecule has 2 atom stereocenters. The topological polar surface area (TPSA) is 45.2 Å². The number of rotatable bonds is 8. The van der Waals surface area contributed by atoms with E-state index in [2.05, 4.69) is 41.0 Å². The van der Waals surface area contributed by atoms with Crippen LogP contribution in [0.15, 0.2) is 48.5 Å². The molecule has 1 saturated carbocycles. The third-order valence-electron chi connectivity index (χ3n) is 7.78. The van der Waals surface area contributed by atoms with Gasteiger partial charge in [-0.1, -0.05) is 43.5 Å². The van der Waals surface area contributed by atoms with Gasteiger partial charge >= 0.3 is 0 Å². The molecule has 2 fully saturated rings. The Hall–Kier alpha value is -2.24. The van der Waals surface area contributed by atoms with E-state index >= 15 is 0 Å². The normalized spacial score (nSPS) is 22.1. The number of aliphatic hydroxyl groups is 1. The molecular weight excluding hydrogens is 412 g/mol. The number of para-hydroxylation sites is 2. The number of hydrogen-bond donors (Lipinski definition) is 1. The van der Waals surface area contributed by atoms with Crippen LogP contribution in [0.5, 0.6) is 11.5 Å². The summed E-state index contributed by atoms with van der Waals surface area (Å²) in [4.78, 5) is 5.03. The van der Waals surface area contributed by atoms with Crippen LogP contribution >= 0.6 is 0 Å². The van der Waals surface area contributed by atoms with E-state index in [1.807, 2.05) is 24.3 Å². The van der Waals surface area contributed by atoms with E-state index in [1.54, 1.807) is 14.2 Å². The van der Waals surface area contributed by atoms with Crippen molar-refractivity contribution >= 4 is 5.69 Å². The van der Waals surface area contributed by atoms with Crippen molar-refractivity contribution in [3.8, 4) is 11.5 Å². The van der Waals surface area contributed by atoms with Crippen molar-refractivity contribution in [2.24, 2.45) is 0 Å². The summed E-state index contributed by atoms with van der Waals surface area (Å²) in [7, 11) is 3.45. The van der Waals surface area contributed by atoms with Crippen LogP contribution in [-0.2, 0) is 0 Å². The molecule has 2 unspecified atom stereocenters. The molecule has 0 aromatic heterocycles. The molecule has 0 amide bonds. The van der Waals surface area contributed by atoms with Gasteiger partial charge < -0.3 is 19.5 Å². The second kappa shape index (κ2) is 10.8. The summed E-state index contributed by atoms with van der Waals surface area (Å²) in [6, 6.07) is 17.1. The zero-order valence-electron chi connectivity index (χ0n) is 20.5. The summed E-state index contributed by atoms with van der Waals surface area (Å²) >= 11 is 0. The third-order valence-corrected chi connectivity index (χ3v) is 7.78. The molecule has 2 aromatic carbocycles. The summed E-state index contributed by atoms with van der Waals surface area (Å²) in [6.45, 7) is 6.31. The zero-order valence-corrected chi connectivity index (χ0v) is 20.5. The lowest BCUT2D eigenvalue weighted by atomic mass is 9.71. The maximum absolute atomic E-state index is 11.7. The first-order valence-corrected chi connectivity index (χ1v) is 12.5. The molecule has 1 heterocycles. The van der Waals surface area contributed by atoms with E-state index in [0.717, 1.165) is 69.8 Å². The lowest BCUT2D eigenvalue weighted by Gasteiger charge is -2.44.